The lowest BCUT2D eigenvalue weighted by Crippen LogP contribution is -2.41. The van der Waals surface area contributed by atoms with E-state index in [1.165, 1.54) is 7.05 Å². The van der Waals surface area contributed by atoms with Crippen LogP contribution in [0.15, 0.2) is 48.5 Å². The summed E-state index contributed by atoms with van der Waals surface area (Å²) in [6.45, 7) is 1.67. The zero-order valence-electron chi connectivity index (χ0n) is 17.1. The van der Waals surface area contributed by atoms with Crippen molar-refractivity contribution >= 4 is 18.0 Å². The molecule has 0 saturated heterocycles. The number of rotatable bonds is 8. The van der Waals surface area contributed by atoms with Crippen LogP contribution in [0.1, 0.15) is 36.8 Å². The summed E-state index contributed by atoms with van der Waals surface area (Å²) in [5, 5.41) is 11.5. The minimum atomic E-state index is -1.08. The third-order valence-corrected chi connectivity index (χ3v) is 5.38. The molecule has 1 aliphatic rings. The second-order valence-corrected chi connectivity index (χ2v) is 7.42. The van der Waals surface area contributed by atoms with E-state index in [0.717, 1.165) is 27.2 Å². The topological polar surface area (TPSA) is 95.9 Å². The molecule has 0 unspecified atom stereocenters. The highest BCUT2D eigenvalue weighted by Gasteiger charge is 2.29. The molecule has 2 aromatic carbocycles. The SMILES string of the molecule is CC[C@H](CC(=O)N(C)CC(=O)O)NC(=O)OCC1c2ccccc2-c2ccccc21. The van der Waals surface area contributed by atoms with Gasteiger partial charge in [-0.25, -0.2) is 4.79 Å². The number of carbonyl (C=O) groups excluding carboxylic acids is 2. The summed E-state index contributed by atoms with van der Waals surface area (Å²) < 4.78 is 5.51. The molecule has 158 valence electrons. The van der Waals surface area contributed by atoms with Crippen molar-refractivity contribution in [3.05, 3.63) is 59.7 Å². The van der Waals surface area contributed by atoms with E-state index in [1.807, 2.05) is 43.3 Å². The highest BCUT2D eigenvalue weighted by atomic mass is 16.5. The van der Waals surface area contributed by atoms with Crippen molar-refractivity contribution in [2.24, 2.45) is 0 Å². The summed E-state index contributed by atoms with van der Waals surface area (Å²) in [6.07, 6.45) is -0.0428. The van der Waals surface area contributed by atoms with Crippen molar-refractivity contribution in [3.63, 3.8) is 0 Å². The van der Waals surface area contributed by atoms with E-state index in [9.17, 15) is 14.4 Å². The standard InChI is InChI=1S/C23H26N2O5/c1-3-15(12-21(26)25(2)13-22(27)28)24-23(29)30-14-20-18-10-6-4-8-16(18)17-9-5-7-11-19(17)20/h4-11,15,20H,3,12-14H2,1-2H3,(H,24,29)(H,27,28)/t15-/m1/s1. The predicted molar refractivity (Wildman–Crippen MR) is 112 cm³/mol. The van der Waals surface area contributed by atoms with Crippen molar-refractivity contribution in [2.75, 3.05) is 20.2 Å². The molecule has 1 atom stereocenters. The number of carboxylic acids is 1. The number of benzene rings is 2. The van der Waals surface area contributed by atoms with Crippen LogP contribution in [0, 0.1) is 0 Å². The van der Waals surface area contributed by atoms with Gasteiger partial charge in [-0.15, -0.1) is 0 Å². The van der Waals surface area contributed by atoms with Gasteiger partial charge in [-0.1, -0.05) is 55.5 Å². The molecule has 0 saturated carbocycles. The number of nitrogens with zero attached hydrogens (tertiary/aromatic N) is 1. The number of alkyl carbamates (subject to hydrolysis) is 1. The third kappa shape index (κ3) is 4.79. The minimum absolute atomic E-state index is 0.0183. The van der Waals surface area contributed by atoms with Crippen LogP contribution < -0.4 is 5.32 Å². The highest BCUT2D eigenvalue weighted by molar-refractivity contribution is 5.82. The summed E-state index contributed by atoms with van der Waals surface area (Å²) in [6, 6.07) is 15.8. The second-order valence-electron chi connectivity index (χ2n) is 7.42. The molecule has 30 heavy (non-hydrogen) atoms. The Morgan fingerprint density at radius 1 is 1.07 bits per heavy atom. The van der Waals surface area contributed by atoms with E-state index in [4.69, 9.17) is 9.84 Å². The van der Waals surface area contributed by atoms with E-state index in [0.29, 0.717) is 6.42 Å². The summed E-state index contributed by atoms with van der Waals surface area (Å²) in [5.74, 6) is -1.46. The van der Waals surface area contributed by atoms with E-state index in [1.54, 1.807) is 0 Å². The van der Waals surface area contributed by atoms with Gasteiger partial charge in [0.1, 0.15) is 13.2 Å². The molecule has 7 heteroatoms. The maximum Gasteiger partial charge on any atom is 0.407 e. The molecule has 0 radical (unpaired) electrons. The van der Waals surface area contributed by atoms with E-state index in [2.05, 4.69) is 17.4 Å². The Morgan fingerprint density at radius 2 is 1.63 bits per heavy atom. The zero-order valence-corrected chi connectivity index (χ0v) is 17.1. The predicted octanol–water partition coefficient (Wildman–Crippen LogP) is 3.24. The minimum Gasteiger partial charge on any atom is -0.480 e. The van der Waals surface area contributed by atoms with Gasteiger partial charge in [-0.05, 0) is 28.7 Å². The van der Waals surface area contributed by atoms with Crippen molar-refractivity contribution in [2.45, 2.75) is 31.7 Å². The van der Waals surface area contributed by atoms with Crippen LogP contribution in [0.25, 0.3) is 11.1 Å². The van der Waals surface area contributed by atoms with Gasteiger partial charge in [-0.3, -0.25) is 9.59 Å². The quantitative estimate of drug-likeness (QED) is 0.697. The first-order chi connectivity index (χ1) is 14.4. The van der Waals surface area contributed by atoms with Crippen LogP contribution in [0.5, 0.6) is 0 Å². The molecule has 2 aromatic rings. The summed E-state index contributed by atoms with van der Waals surface area (Å²) in [7, 11) is 1.43. The Morgan fingerprint density at radius 3 is 2.17 bits per heavy atom. The normalized spacial score (nSPS) is 13.1. The molecule has 7 nitrogen and oxygen atoms in total. The van der Waals surface area contributed by atoms with Crippen molar-refractivity contribution in [3.8, 4) is 11.1 Å². The summed E-state index contributed by atoms with van der Waals surface area (Å²) in [5.41, 5.74) is 4.56. The molecule has 0 fully saturated rings. The van der Waals surface area contributed by atoms with E-state index < -0.39 is 18.1 Å². The van der Waals surface area contributed by atoms with Gasteiger partial charge in [0.15, 0.2) is 0 Å². The van der Waals surface area contributed by atoms with Gasteiger partial charge in [-0.2, -0.15) is 0 Å². The fraction of sp³-hybridized carbons (Fsp3) is 0.348. The lowest BCUT2D eigenvalue weighted by Gasteiger charge is -2.21. The third-order valence-electron chi connectivity index (χ3n) is 5.38. The van der Waals surface area contributed by atoms with Gasteiger partial charge < -0.3 is 20.1 Å². The summed E-state index contributed by atoms with van der Waals surface area (Å²) >= 11 is 0. The lowest BCUT2D eigenvalue weighted by molar-refractivity contribution is -0.143. The van der Waals surface area contributed by atoms with E-state index >= 15 is 0 Å². The first-order valence-corrected chi connectivity index (χ1v) is 9.98. The Balaban J connectivity index is 1.59. The molecule has 2 amide bonds. The number of fused-ring (bicyclic) bond motifs is 3. The number of carboxylic acid groups (broad SMARTS) is 1. The molecular weight excluding hydrogens is 384 g/mol. The van der Waals surface area contributed by atoms with Crippen LogP contribution in [0.4, 0.5) is 4.79 Å². The highest BCUT2D eigenvalue weighted by Crippen LogP contribution is 2.44. The lowest BCUT2D eigenvalue weighted by atomic mass is 9.98. The molecule has 0 bridgehead atoms. The average Bonchev–Trinajstić information content (AvgIpc) is 3.05. The number of nitrogens with one attached hydrogen (secondary N) is 1. The Bertz CT molecular complexity index is 897. The maximum absolute atomic E-state index is 12.4. The van der Waals surface area contributed by atoms with Crippen LogP contribution in [0.2, 0.25) is 0 Å². The molecule has 0 spiro atoms. The fourth-order valence-corrected chi connectivity index (χ4v) is 3.76. The Hall–Kier alpha value is -3.35. The Kier molecular flexibility index (Phi) is 6.72. The molecule has 1 aliphatic carbocycles. The van der Waals surface area contributed by atoms with Crippen LogP contribution in [-0.2, 0) is 14.3 Å². The summed E-state index contributed by atoms with van der Waals surface area (Å²) in [4.78, 5) is 36.4. The molecular formula is C23H26N2O5. The molecule has 2 N–H and O–H groups in total. The zero-order chi connectivity index (χ0) is 21.7. The number of likely N-dealkylation sites (N-methyl/N-ethyl adjacent to an activating group) is 1. The van der Waals surface area contributed by atoms with Gasteiger partial charge in [0, 0.05) is 25.4 Å². The number of hydrogen-bond acceptors (Lipinski definition) is 4. The Labute approximate surface area is 175 Å². The number of amides is 2. The van der Waals surface area contributed by atoms with Gasteiger partial charge in [0.2, 0.25) is 5.91 Å². The molecule has 0 heterocycles. The first kappa shape index (κ1) is 21.4. The molecule has 0 aliphatic heterocycles. The van der Waals surface area contributed by atoms with Crippen molar-refractivity contribution in [1.82, 2.24) is 10.2 Å². The van der Waals surface area contributed by atoms with Gasteiger partial charge in [0.05, 0.1) is 0 Å². The van der Waals surface area contributed by atoms with Gasteiger partial charge in [0.25, 0.3) is 0 Å². The van der Waals surface area contributed by atoms with Crippen LogP contribution in [0.3, 0.4) is 0 Å². The largest absolute Gasteiger partial charge is 0.480 e. The molecule has 3 rings (SSSR count). The average molecular weight is 410 g/mol. The maximum atomic E-state index is 12.4. The van der Waals surface area contributed by atoms with Gasteiger partial charge >= 0.3 is 12.1 Å². The molecule has 0 aromatic heterocycles. The number of ether oxygens (including phenoxy) is 1. The van der Waals surface area contributed by atoms with Crippen molar-refractivity contribution < 1.29 is 24.2 Å². The van der Waals surface area contributed by atoms with Crippen LogP contribution in [-0.4, -0.2) is 54.2 Å². The number of aliphatic carboxylic acids is 1. The number of carbonyl (C=O) groups is 3. The first-order valence-electron chi connectivity index (χ1n) is 9.98. The second kappa shape index (κ2) is 9.43. The number of hydrogen-bond donors (Lipinski definition) is 2. The fourth-order valence-electron chi connectivity index (χ4n) is 3.76. The van der Waals surface area contributed by atoms with Crippen LogP contribution >= 0.6 is 0 Å². The van der Waals surface area contributed by atoms with E-state index in [-0.39, 0.29) is 31.4 Å². The monoisotopic (exact) mass is 410 g/mol. The van der Waals surface area contributed by atoms with Crippen molar-refractivity contribution in [1.29, 1.82) is 0 Å². The smallest absolute Gasteiger partial charge is 0.407 e.